The number of aromatic nitrogens is 5. The quantitative estimate of drug-likeness (QED) is 0.315. The molecule has 4 aromatic rings. The highest BCUT2D eigenvalue weighted by atomic mass is 19.1. The molecular formula is C30H36F2N8O2. The number of halogens is 2. The summed E-state index contributed by atoms with van der Waals surface area (Å²) >= 11 is 0. The van der Waals surface area contributed by atoms with Crippen LogP contribution in [0.15, 0.2) is 30.5 Å². The normalized spacial score (nSPS) is 14.5. The van der Waals surface area contributed by atoms with Gasteiger partial charge in [0.1, 0.15) is 22.9 Å². The SMILES string of the molecule is COCCN1CCCN(C(=O)c2ccc(Nc3ncc(F)c(-c4cc(F)c5nc(C)n(C(C)C)c5c4)n3)nc2C)CC1. The van der Waals surface area contributed by atoms with Gasteiger partial charge in [-0.15, -0.1) is 0 Å². The smallest absolute Gasteiger partial charge is 0.255 e. The number of ether oxygens (including phenoxy) is 1. The van der Waals surface area contributed by atoms with Crippen LogP contribution in [0.2, 0.25) is 0 Å². The van der Waals surface area contributed by atoms with Gasteiger partial charge in [-0.1, -0.05) is 0 Å². The molecule has 10 nitrogen and oxygen atoms in total. The number of nitrogens with one attached hydrogen (secondary N) is 1. The Balaban J connectivity index is 1.35. The van der Waals surface area contributed by atoms with Crippen molar-refractivity contribution >= 4 is 28.7 Å². The van der Waals surface area contributed by atoms with Crippen LogP contribution in [0.4, 0.5) is 20.5 Å². The number of hydrogen-bond donors (Lipinski definition) is 1. The van der Waals surface area contributed by atoms with Crippen LogP contribution in [0.3, 0.4) is 0 Å². The number of imidazole rings is 1. The number of anilines is 2. The Kier molecular flexibility index (Phi) is 8.74. The highest BCUT2D eigenvalue weighted by Crippen LogP contribution is 2.30. The van der Waals surface area contributed by atoms with E-state index in [9.17, 15) is 9.18 Å². The van der Waals surface area contributed by atoms with E-state index < -0.39 is 11.6 Å². The minimum absolute atomic E-state index is 0.0382. The monoisotopic (exact) mass is 578 g/mol. The van der Waals surface area contributed by atoms with Gasteiger partial charge >= 0.3 is 0 Å². The highest BCUT2D eigenvalue weighted by Gasteiger charge is 2.23. The van der Waals surface area contributed by atoms with E-state index in [1.807, 2.05) is 30.2 Å². The maximum atomic E-state index is 15.0. The fraction of sp³-hybridized carbons (Fsp3) is 0.433. The maximum absolute atomic E-state index is 15.0. The third-order valence-electron chi connectivity index (χ3n) is 7.50. The Morgan fingerprint density at radius 1 is 1.05 bits per heavy atom. The van der Waals surface area contributed by atoms with Crippen molar-refractivity contribution in [2.24, 2.45) is 0 Å². The molecule has 42 heavy (non-hydrogen) atoms. The molecule has 1 amide bonds. The van der Waals surface area contributed by atoms with Gasteiger partial charge in [-0.05, 0) is 64.9 Å². The molecule has 0 radical (unpaired) electrons. The molecular weight excluding hydrogens is 542 g/mol. The number of fused-ring (bicyclic) bond motifs is 1. The lowest BCUT2D eigenvalue weighted by Crippen LogP contribution is -2.36. The summed E-state index contributed by atoms with van der Waals surface area (Å²) in [5, 5.41) is 2.99. The van der Waals surface area contributed by atoms with Crippen LogP contribution >= 0.6 is 0 Å². The van der Waals surface area contributed by atoms with Crippen LogP contribution < -0.4 is 5.32 Å². The summed E-state index contributed by atoms with van der Waals surface area (Å²) in [4.78, 5) is 34.8. The minimum Gasteiger partial charge on any atom is -0.383 e. The lowest BCUT2D eigenvalue weighted by molar-refractivity contribution is 0.0758. The third-order valence-corrected chi connectivity index (χ3v) is 7.50. The van der Waals surface area contributed by atoms with Gasteiger partial charge in [0, 0.05) is 44.9 Å². The molecule has 0 aliphatic carbocycles. The molecule has 0 spiro atoms. The van der Waals surface area contributed by atoms with E-state index in [-0.39, 0.29) is 34.7 Å². The molecule has 12 heteroatoms. The van der Waals surface area contributed by atoms with E-state index in [1.165, 1.54) is 6.07 Å². The Morgan fingerprint density at radius 3 is 2.60 bits per heavy atom. The van der Waals surface area contributed by atoms with Crippen LogP contribution in [0.1, 0.15) is 48.2 Å². The summed E-state index contributed by atoms with van der Waals surface area (Å²) in [7, 11) is 1.69. The second-order valence-corrected chi connectivity index (χ2v) is 10.8. The molecule has 1 saturated heterocycles. The molecule has 222 valence electrons. The van der Waals surface area contributed by atoms with Crippen molar-refractivity contribution < 1.29 is 18.3 Å². The number of nitrogens with zero attached hydrogens (tertiary/aromatic N) is 7. The molecule has 1 N–H and O–H groups in total. The van der Waals surface area contributed by atoms with Crippen molar-refractivity contribution in [3.8, 4) is 11.3 Å². The predicted octanol–water partition coefficient (Wildman–Crippen LogP) is 4.90. The number of hydrogen-bond acceptors (Lipinski definition) is 8. The predicted molar refractivity (Wildman–Crippen MR) is 157 cm³/mol. The Bertz CT molecular complexity index is 1610. The van der Waals surface area contributed by atoms with Crippen molar-refractivity contribution in [1.82, 2.24) is 34.3 Å². The minimum atomic E-state index is -0.685. The number of carbonyl (C=O) groups excluding carboxylic acids is 1. The molecule has 4 heterocycles. The topological polar surface area (TPSA) is 101 Å². The summed E-state index contributed by atoms with van der Waals surface area (Å²) in [6, 6.07) is 6.36. The summed E-state index contributed by atoms with van der Waals surface area (Å²) in [6.45, 7) is 12.1. The van der Waals surface area contributed by atoms with Gasteiger partial charge in [0.15, 0.2) is 11.6 Å². The van der Waals surface area contributed by atoms with Crippen molar-refractivity contribution in [3.63, 3.8) is 0 Å². The number of amides is 1. The summed E-state index contributed by atoms with van der Waals surface area (Å²) in [6.07, 6.45) is 1.93. The standard InChI is InChI=1S/C30H36F2N8O2/c1-18(2)40-20(4)35-28-23(31)15-21(16-25(28)40)27-24(32)17-33-30(37-27)36-26-8-7-22(19(3)34-26)29(41)39-10-6-9-38(11-12-39)13-14-42-5/h7-8,15-18H,6,9-14H2,1-5H3,(H,33,34,36,37). The largest absolute Gasteiger partial charge is 0.383 e. The van der Waals surface area contributed by atoms with Gasteiger partial charge < -0.3 is 19.5 Å². The van der Waals surface area contributed by atoms with Gasteiger partial charge in [-0.3, -0.25) is 9.69 Å². The molecule has 0 unspecified atom stereocenters. The number of methoxy groups -OCH3 is 1. The maximum Gasteiger partial charge on any atom is 0.255 e. The first-order chi connectivity index (χ1) is 20.2. The Morgan fingerprint density at radius 2 is 1.86 bits per heavy atom. The van der Waals surface area contributed by atoms with Gasteiger partial charge in [0.2, 0.25) is 5.95 Å². The van der Waals surface area contributed by atoms with E-state index >= 15 is 4.39 Å². The van der Waals surface area contributed by atoms with E-state index in [2.05, 4.69) is 30.2 Å². The van der Waals surface area contributed by atoms with Crippen LogP contribution in [-0.4, -0.2) is 86.7 Å². The molecule has 0 saturated carbocycles. The first kappa shape index (κ1) is 29.5. The van der Waals surface area contributed by atoms with Gasteiger partial charge in [-0.25, -0.2) is 28.7 Å². The first-order valence-corrected chi connectivity index (χ1v) is 14.1. The van der Waals surface area contributed by atoms with Crippen LogP contribution in [0, 0.1) is 25.5 Å². The summed E-state index contributed by atoms with van der Waals surface area (Å²) < 4.78 is 37.0. The van der Waals surface area contributed by atoms with Crippen molar-refractivity contribution in [1.29, 1.82) is 0 Å². The number of benzene rings is 1. The molecule has 1 fully saturated rings. The first-order valence-electron chi connectivity index (χ1n) is 14.1. The fourth-order valence-corrected chi connectivity index (χ4v) is 5.45. The van der Waals surface area contributed by atoms with Crippen LogP contribution in [0.25, 0.3) is 22.3 Å². The number of rotatable bonds is 8. The summed E-state index contributed by atoms with van der Waals surface area (Å²) in [5.41, 5.74) is 2.09. The second-order valence-electron chi connectivity index (χ2n) is 10.8. The number of carbonyl (C=O) groups is 1. The molecule has 0 atom stereocenters. The van der Waals surface area contributed by atoms with E-state index in [0.717, 1.165) is 32.3 Å². The average Bonchev–Trinajstić information content (AvgIpc) is 3.12. The zero-order valence-corrected chi connectivity index (χ0v) is 24.6. The molecule has 3 aromatic heterocycles. The van der Waals surface area contributed by atoms with Crippen LogP contribution in [-0.2, 0) is 4.74 Å². The van der Waals surface area contributed by atoms with Crippen molar-refractivity contribution in [2.75, 3.05) is 51.8 Å². The number of pyridine rings is 1. The lowest BCUT2D eigenvalue weighted by atomic mass is 10.1. The van der Waals surface area contributed by atoms with Gasteiger partial charge in [0.25, 0.3) is 5.91 Å². The third kappa shape index (κ3) is 6.09. The summed E-state index contributed by atoms with van der Waals surface area (Å²) in [5.74, 6) is -0.135. The number of aryl methyl sites for hydroxylation is 2. The van der Waals surface area contributed by atoms with Gasteiger partial charge in [-0.2, -0.15) is 0 Å². The van der Waals surface area contributed by atoms with Crippen molar-refractivity contribution in [3.05, 3.63) is 59.2 Å². The average molecular weight is 579 g/mol. The van der Waals surface area contributed by atoms with E-state index in [0.29, 0.717) is 48.1 Å². The lowest BCUT2D eigenvalue weighted by Gasteiger charge is -2.22. The second kappa shape index (κ2) is 12.5. The molecule has 5 rings (SSSR count). The Labute approximate surface area is 243 Å². The molecule has 1 aliphatic rings. The fourth-order valence-electron chi connectivity index (χ4n) is 5.45. The molecule has 1 aliphatic heterocycles. The van der Waals surface area contributed by atoms with E-state index in [4.69, 9.17) is 4.74 Å². The molecule has 1 aromatic carbocycles. The zero-order chi connectivity index (χ0) is 30.0. The molecule has 0 bridgehead atoms. The van der Waals surface area contributed by atoms with Gasteiger partial charge in [0.05, 0.1) is 29.6 Å². The highest BCUT2D eigenvalue weighted by molar-refractivity contribution is 5.95. The Hall–Kier alpha value is -4.03. The van der Waals surface area contributed by atoms with E-state index in [1.54, 1.807) is 32.2 Å². The van der Waals surface area contributed by atoms with Crippen molar-refractivity contribution in [2.45, 2.75) is 40.2 Å². The zero-order valence-electron chi connectivity index (χ0n) is 24.6. The van der Waals surface area contributed by atoms with Crippen LogP contribution in [0.5, 0.6) is 0 Å².